The zero-order valence-electron chi connectivity index (χ0n) is 20.3. The van der Waals surface area contributed by atoms with Gasteiger partial charge in [0, 0.05) is 25.5 Å². The van der Waals surface area contributed by atoms with Gasteiger partial charge in [0.25, 0.3) is 0 Å². The molecule has 0 radical (unpaired) electrons. The second-order valence-corrected chi connectivity index (χ2v) is 10.5. The van der Waals surface area contributed by atoms with Crippen molar-refractivity contribution in [2.45, 2.75) is 71.0 Å². The molecule has 7 atom stereocenters. The molecule has 1 amide bonds. The Labute approximate surface area is 197 Å². The van der Waals surface area contributed by atoms with Gasteiger partial charge in [-0.25, -0.2) is 0 Å². The number of fused-ring (bicyclic) bond motifs is 3. The number of hydrogen-bond acceptors (Lipinski definition) is 6. The van der Waals surface area contributed by atoms with Crippen LogP contribution in [0.4, 0.5) is 0 Å². The van der Waals surface area contributed by atoms with Crippen LogP contribution in [0.1, 0.15) is 51.5 Å². The molecule has 7 nitrogen and oxygen atoms in total. The third-order valence-corrected chi connectivity index (χ3v) is 8.59. The molecule has 2 N–H and O–H groups in total. The second kappa shape index (κ2) is 9.90. The normalized spacial score (nSPS) is 38.2. The fourth-order valence-corrected chi connectivity index (χ4v) is 6.73. The number of carbonyl (C=O) groups is 1. The van der Waals surface area contributed by atoms with Crippen molar-refractivity contribution in [3.8, 4) is 5.75 Å². The van der Waals surface area contributed by atoms with Crippen LogP contribution in [0.25, 0.3) is 0 Å². The van der Waals surface area contributed by atoms with E-state index >= 15 is 0 Å². The molecule has 0 aromatic heterocycles. The first kappa shape index (κ1) is 24.5. The third-order valence-electron chi connectivity index (χ3n) is 8.59. The summed E-state index contributed by atoms with van der Waals surface area (Å²) in [6, 6.07) is 7.69. The van der Waals surface area contributed by atoms with Gasteiger partial charge in [-0.15, -0.1) is 0 Å². The van der Waals surface area contributed by atoms with E-state index < -0.39 is 6.10 Å². The van der Waals surface area contributed by atoms with E-state index in [1.807, 2.05) is 24.3 Å². The van der Waals surface area contributed by atoms with Gasteiger partial charge in [0.05, 0.1) is 32.5 Å². The van der Waals surface area contributed by atoms with Gasteiger partial charge in [0.2, 0.25) is 5.91 Å². The van der Waals surface area contributed by atoms with Crippen LogP contribution in [-0.2, 0) is 25.5 Å². The van der Waals surface area contributed by atoms with Gasteiger partial charge in [-0.2, -0.15) is 0 Å². The topological polar surface area (TPSA) is 86.2 Å². The molecule has 3 aliphatic rings. The Morgan fingerprint density at radius 2 is 1.91 bits per heavy atom. The van der Waals surface area contributed by atoms with E-state index in [9.17, 15) is 9.90 Å². The number of benzene rings is 1. The number of aliphatic hydroxyl groups is 1. The Morgan fingerprint density at radius 1 is 1.15 bits per heavy atom. The lowest BCUT2D eigenvalue weighted by molar-refractivity contribution is -0.315. The summed E-state index contributed by atoms with van der Waals surface area (Å²) in [6.45, 7) is 6.06. The molecule has 3 fully saturated rings. The first-order valence-electron chi connectivity index (χ1n) is 12.1. The Kier molecular flexibility index (Phi) is 7.34. The zero-order chi connectivity index (χ0) is 23.6. The van der Waals surface area contributed by atoms with Gasteiger partial charge in [-0.1, -0.05) is 26.0 Å². The first-order chi connectivity index (χ1) is 15.8. The van der Waals surface area contributed by atoms with Crippen molar-refractivity contribution in [2.24, 2.45) is 22.7 Å². The van der Waals surface area contributed by atoms with Gasteiger partial charge >= 0.3 is 0 Å². The van der Waals surface area contributed by atoms with Gasteiger partial charge in [0.1, 0.15) is 5.75 Å². The standard InChI is InChI=1S/C26H39NO6/c1-25-12-11-22-26(2,16-32-24(33-22)15-30-3)21(25)10-9-20(28)19(25)13-23(29)27-14-17-5-7-18(31-4)8-6-17/h5-8,19-22,24,28H,9-16H2,1-4H3,(H,27,29)/t19-,20-,21+,22-,24-,25+,26+/m1/s1. The molecular formula is C26H39NO6. The fraction of sp³-hybridized carbons (Fsp3) is 0.731. The van der Waals surface area contributed by atoms with Crippen molar-refractivity contribution in [3.63, 3.8) is 0 Å². The lowest BCUT2D eigenvalue weighted by atomic mass is 9.46. The number of methoxy groups -OCH3 is 2. The van der Waals surface area contributed by atoms with Crippen molar-refractivity contribution in [1.82, 2.24) is 5.32 Å². The molecule has 1 aromatic rings. The lowest BCUT2D eigenvalue weighted by Gasteiger charge is -2.62. The largest absolute Gasteiger partial charge is 0.497 e. The Morgan fingerprint density at radius 3 is 2.61 bits per heavy atom. The summed E-state index contributed by atoms with van der Waals surface area (Å²) in [4.78, 5) is 12.9. The van der Waals surface area contributed by atoms with Crippen molar-refractivity contribution in [1.29, 1.82) is 0 Å². The number of ether oxygens (including phenoxy) is 4. The van der Waals surface area contributed by atoms with Crippen LogP contribution in [0, 0.1) is 22.7 Å². The van der Waals surface area contributed by atoms with Gasteiger partial charge in [-0.05, 0) is 60.6 Å². The number of aliphatic hydroxyl groups excluding tert-OH is 1. The van der Waals surface area contributed by atoms with Crippen LogP contribution in [0.15, 0.2) is 24.3 Å². The predicted octanol–water partition coefficient (Wildman–Crippen LogP) is 3.28. The smallest absolute Gasteiger partial charge is 0.220 e. The van der Waals surface area contributed by atoms with Gasteiger partial charge in [0.15, 0.2) is 6.29 Å². The molecule has 1 aliphatic heterocycles. The van der Waals surface area contributed by atoms with Crippen LogP contribution < -0.4 is 10.1 Å². The third kappa shape index (κ3) is 4.78. The molecule has 2 saturated carbocycles. The number of rotatable bonds is 7. The second-order valence-electron chi connectivity index (χ2n) is 10.5. The number of nitrogens with one attached hydrogen (secondary N) is 1. The number of carbonyl (C=O) groups excluding carboxylic acids is 1. The summed E-state index contributed by atoms with van der Waals surface area (Å²) in [5.41, 5.74) is 0.753. The lowest BCUT2D eigenvalue weighted by Crippen LogP contribution is -2.63. The minimum atomic E-state index is -0.468. The minimum Gasteiger partial charge on any atom is -0.497 e. The van der Waals surface area contributed by atoms with Crippen LogP contribution in [0.5, 0.6) is 5.75 Å². The molecule has 33 heavy (non-hydrogen) atoms. The van der Waals surface area contributed by atoms with Gasteiger partial charge < -0.3 is 29.4 Å². The molecule has 1 saturated heterocycles. The quantitative estimate of drug-likeness (QED) is 0.648. The first-order valence-corrected chi connectivity index (χ1v) is 12.1. The van der Waals surface area contributed by atoms with Crippen LogP contribution in [0.2, 0.25) is 0 Å². The van der Waals surface area contributed by atoms with Crippen molar-refractivity contribution >= 4 is 5.91 Å². The number of amides is 1. The average molecular weight is 462 g/mol. The maximum atomic E-state index is 12.9. The van der Waals surface area contributed by atoms with E-state index in [1.54, 1.807) is 14.2 Å². The molecule has 0 bridgehead atoms. The molecule has 7 heteroatoms. The zero-order valence-corrected chi connectivity index (χ0v) is 20.3. The molecule has 0 unspecified atom stereocenters. The molecular weight excluding hydrogens is 422 g/mol. The maximum absolute atomic E-state index is 12.9. The van der Waals surface area contributed by atoms with E-state index in [0.717, 1.165) is 30.6 Å². The molecule has 2 aliphatic carbocycles. The Bertz CT molecular complexity index is 816. The Hall–Kier alpha value is -1.67. The summed E-state index contributed by atoms with van der Waals surface area (Å²) >= 11 is 0. The highest BCUT2D eigenvalue weighted by molar-refractivity contribution is 5.76. The average Bonchev–Trinajstić information content (AvgIpc) is 2.81. The highest BCUT2D eigenvalue weighted by atomic mass is 16.7. The van der Waals surface area contributed by atoms with Crippen molar-refractivity contribution < 1.29 is 28.8 Å². The van der Waals surface area contributed by atoms with Crippen molar-refractivity contribution in [3.05, 3.63) is 29.8 Å². The molecule has 184 valence electrons. The molecule has 1 heterocycles. The summed E-state index contributed by atoms with van der Waals surface area (Å²) in [5, 5.41) is 14.0. The molecule has 0 spiro atoms. The summed E-state index contributed by atoms with van der Waals surface area (Å²) in [7, 11) is 3.29. The maximum Gasteiger partial charge on any atom is 0.220 e. The minimum absolute atomic E-state index is 0.0136. The highest BCUT2D eigenvalue weighted by Gasteiger charge is 2.61. The van der Waals surface area contributed by atoms with Crippen LogP contribution in [-0.4, -0.2) is 56.9 Å². The Balaban J connectivity index is 1.42. The SMILES string of the molecule is COC[C@@H]1OC[C@@]2(C)[C@H]3CC[C@@H](O)[C@@H](CC(=O)NCc4ccc(OC)cc4)[C@]3(C)CC[C@H]2O1. The summed E-state index contributed by atoms with van der Waals surface area (Å²) in [6.07, 6.45) is 3.14. The monoisotopic (exact) mass is 461 g/mol. The van der Waals surface area contributed by atoms with E-state index in [1.165, 1.54) is 0 Å². The molecule has 4 rings (SSSR count). The van der Waals surface area contributed by atoms with E-state index in [0.29, 0.717) is 38.5 Å². The fourth-order valence-electron chi connectivity index (χ4n) is 6.73. The molecule has 1 aromatic carbocycles. The van der Waals surface area contributed by atoms with Gasteiger partial charge in [-0.3, -0.25) is 4.79 Å². The summed E-state index contributed by atoms with van der Waals surface area (Å²) < 4.78 is 22.7. The van der Waals surface area contributed by atoms with Crippen molar-refractivity contribution in [2.75, 3.05) is 27.4 Å². The van der Waals surface area contributed by atoms with E-state index in [4.69, 9.17) is 18.9 Å². The summed E-state index contributed by atoms with van der Waals surface area (Å²) in [5.74, 6) is 1.03. The van der Waals surface area contributed by atoms with E-state index in [-0.39, 0.29) is 35.0 Å². The van der Waals surface area contributed by atoms with E-state index in [2.05, 4.69) is 19.2 Å². The van der Waals surface area contributed by atoms with Crippen LogP contribution >= 0.6 is 0 Å². The number of hydrogen-bond donors (Lipinski definition) is 2. The predicted molar refractivity (Wildman–Crippen MR) is 124 cm³/mol. The van der Waals surface area contributed by atoms with Crippen LogP contribution in [0.3, 0.4) is 0 Å². The highest BCUT2D eigenvalue weighted by Crippen LogP contribution is 2.62.